The molecule has 0 radical (unpaired) electrons. The average molecular weight is 513 g/mol. The molecule has 33 heavy (non-hydrogen) atoms. The van der Waals surface area contributed by atoms with Crippen molar-refractivity contribution in [1.82, 2.24) is 0 Å². The molecule has 4 N–H and O–H groups in total. The minimum atomic E-state index is -2.49. The summed E-state index contributed by atoms with van der Waals surface area (Å²) < 4.78 is 11.1. The molecule has 0 aromatic heterocycles. The van der Waals surface area contributed by atoms with E-state index in [1.807, 2.05) is 13.8 Å². The van der Waals surface area contributed by atoms with Crippen molar-refractivity contribution in [3.05, 3.63) is 0 Å². The Labute approximate surface area is 206 Å². The first-order valence-electron chi connectivity index (χ1n) is 13.4. The molecule has 6 nitrogen and oxygen atoms in total. The molecule has 200 valence electrons. The van der Waals surface area contributed by atoms with Gasteiger partial charge in [0, 0.05) is 5.41 Å². The summed E-state index contributed by atoms with van der Waals surface area (Å²) in [6, 6.07) is 0. The fraction of sp³-hybridized carbons (Fsp3) is 1.00. The molecule has 0 saturated heterocycles. The van der Waals surface area contributed by atoms with Crippen LogP contribution in [0.4, 0.5) is 0 Å². The van der Waals surface area contributed by atoms with E-state index in [4.69, 9.17) is 9.05 Å². The third-order valence-corrected chi connectivity index (χ3v) is 7.63. The zero-order valence-electron chi connectivity index (χ0n) is 21.9. The lowest BCUT2D eigenvalue weighted by molar-refractivity contribution is -0.0386. The summed E-state index contributed by atoms with van der Waals surface area (Å²) in [5.74, 6) is 0. The minimum Gasteiger partial charge on any atom is -0.328 e. The molecule has 0 aliphatic rings. The molecule has 0 rings (SSSR count). The van der Waals surface area contributed by atoms with E-state index in [0.717, 1.165) is 25.7 Å². The van der Waals surface area contributed by atoms with Crippen molar-refractivity contribution in [2.24, 2.45) is 5.41 Å². The van der Waals surface area contributed by atoms with Crippen molar-refractivity contribution in [2.75, 3.05) is 0 Å². The van der Waals surface area contributed by atoms with Crippen LogP contribution >= 0.6 is 17.2 Å². The lowest BCUT2D eigenvalue weighted by Gasteiger charge is -2.40. The zero-order chi connectivity index (χ0) is 25.0. The first-order chi connectivity index (χ1) is 15.8. The van der Waals surface area contributed by atoms with E-state index in [1.165, 1.54) is 77.0 Å². The van der Waals surface area contributed by atoms with Gasteiger partial charge in [0.1, 0.15) is 0 Å². The van der Waals surface area contributed by atoms with E-state index in [1.54, 1.807) is 0 Å². The lowest BCUT2D eigenvalue weighted by atomic mass is 9.77. The Kier molecular flexibility index (Phi) is 22.3. The lowest BCUT2D eigenvalue weighted by Crippen LogP contribution is -2.42. The standard InChI is InChI=1S/C25H54O6P2/c1-5-7-9-11-13-15-17-19-21-23(30-32(26)27)25(3,4)24(31-33(28)29)22-20-18-16-14-12-10-8-6-2/h23-24,26-29H,5-22H2,1-4H3. The topological polar surface area (TPSA) is 99.4 Å². The molecule has 0 aromatic rings. The summed E-state index contributed by atoms with van der Waals surface area (Å²) in [7, 11) is -4.97. The van der Waals surface area contributed by atoms with Crippen LogP contribution in [0.3, 0.4) is 0 Å². The monoisotopic (exact) mass is 512 g/mol. The van der Waals surface area contributed by atoms with Crippen molar-refractivity contribution >= 4 is 17.2 Å². The highest BCUT2D eigenvalue weighted by atomic mass is 31.2. The fourth-order valence-corrected chi connectivity index (χ4v) is 5.69. The Bertz CT molecular complexity index is 388. The summed E-state index contributed by atoms with van der Waals surface area (Å²) in [5, 5.41) is 0. The van der Waals surface area contributed by atoms with Gasteiger partial charge < -0.3 is 28.6 Å². The largest absolute Gasteiger partial charge is 0.328 e. The molecule has 8 heteroatoms. The Balaban J connectivity index is 4.66. The maximum atomic E-state index is 9.57. The molecule has 0 bridgehead atoms. The van der Waals surface area contributed by atoms with E-state index in [9.17, 15) is 19.6 Å². The average Bonchev–Trinajstić information content (AvgIpc) is 2.75. The maximum Gasteiger partial charge on any atom is 0.327 e. The summed E-state index contributed by atoms with van der Waals surface area (Å²) in [5.41, 5.74) is -0.569. The number of hydrogen-bond acceptors (Lipinski definition) is 6. The Hall–Kier alpha value is 0.620. The van der Waals surface area contributed by atoms with Crippen molar-refractivity contribution in [1.29, 1.82) is 0 Å². The number of hydrogen-bond donors (Lipinski definition) is 4. The van der Waals surface area contributed by atoms with Gasteiger partial charge in [0.2, 0.25) is 0 Å². The van der Waals surface area contributed by atoms with E-state index in [-0.39, 0.29) is 0 Å². The highest BCUT2D eigenvalue weighted by Gasteiger charge is 2.40. The Morgan fingerprint density at radius 3 is 1.06 bits per heavy atom. The van der Waals surface area contributed by atoms with Crippen LogP contribution in [0.1, 0.15) is 143 Å². The summed E-state index contributed by atoms with van der Waals surface area (Å²) in [6.07, 6.45) is 19.8. The van der Waals surface area contributed by atoms with Crippen LogP contribution in [0.15, 0.2) is 0 Å². The third-order valence-electron chi connectivity index (χ3n) is 6.74. The predicted octanol–water partition coefficient (Wildman–Crippen LogP) is 8.27. The third kappa shape index (κ3) is 18.5. The van der Waals surface area contributed by atoms with Crippen LogP contribution in [0.5, 0.6) is 0 Å². The first-order valence-corrected chi connectivity index (χ1v) is 15.8. The molecule has 0 aromatic carbocycles. The van der Waals surface area contributed by atoms with Gasteiger partial charge in [-0.3, -0.25) is 0 Å². The van der Waals surface area contributed by atoms with Crippen molar-refractivity contribution < 1.29 is 28.6 Å². The fourth-order valence-electron chi connectivity index (χ4n) is 4.48. The second kappa shape index (κ2) is 21.9. The molecule has 2 atom stereocenters. The molecule has 0 spiro atoms. The van der Waals surface area contributed by atoms with Gasteiger partial charge in [0.25, 0.3) is 0 Å². The molecule has 0 saturated carbocycles. The van der Waals surface area contributed by atoms with Crippen LogP contribution in [-0.2, 0) is 9.05 Å². The van der Waals surface area contributed by atoms with E-state index >= 15 is 0 Å². The molecule has 0 fully saturated rings. The van der Waals surface area contributed by atoms with Crippen LogP contribution in [0.25, 0.3) is 0 Å². The Morgan fingerprint density at radius 2 is 0.788 bits per heavy atom. The minimum absolute atomic E-state index is 0.410. The number of unbranched alkanes of at least 4 members (excludes halogenated alkanes) is 14. The van der Waals surface area contributed by atoms with Gasteiger partial charge in [0.05, 0.1) is 12.2 Å². The van der Waals surface area contributed by atoms with E-state index in [2.05, 4.69) is 13.8 Å². The predicted molar refractivity (Wildman–Crippen MR) is 141 cm³/mol. The van der Waals surface area contributed by atoms with Crippen molar-refractivity contribution in [3.8, 4) is 0 Å². The van der Waals surface area contributed by atoms with Crippen LogP contribution in [0.2, 0.25) is 0 Å². The van der Waals surface area contributed by atoms with Gasteiger partial charge in [-0.05, 0) is 12.8 Å². The highest BCUT2D eigenvalue weighted by molar-refractivity contribution is 7.39. The SMILES string of the molecule is CCCCCCCCCCC(OP(O)O)C(C)(C)C(CCCCCCCCCC)OP(O)O. The quantitative estimate of drug-likeness (QED) is 0.0767. The van der Waals surface area contributed by atoms with Crippen molar-refractivity contribution in [2.45, 2.75) is 155 Å². The summed E-state index contributed by atoms with van der Waals surface area (Å²) in [6.45, 7) is 8.41. The van der Waals surface area contributed by atoms with Crippen LogP contribution in [-0.4, -0.2) is 31.8 Å². The van der Waals surface area contributed by atoms with Crippen LogP contribution in [0, 0.1) is 5.41 Å². The van der Waals surface area contributed by atoms with Crippen LogP contribution < -0.4 is 0 Å². The molecule has 2 unspecified atom stereocenters. The summed E-state index contributed by atoms with van der Waals surface area (Å²) >= 11 is 0. The van der Waals surface area contributed by atoms with E-state index < -0.39 is 34.8 Å². The molecule has 0 amide bonds. The second-order valence-electron chi connectivity index (χ2n) is 10.0. The second-order valence-corrected chi connectivity index (χ2v) is 11.5. The van der Waals surface area contributed by atoms with Gasteiger partial charge in [-0.2, -0.15) is 0 Å². The van der Waals surface area contributed by atoms with E-state index in [0.29, 0.717) is 12.8 Å². The molecule has 0 aliphatic carbocycles. The maximum absolute atomic E-state index is 9.57. The highest BCUT2D eigenvalue weighted by Crippen LogP contribution is 2.45. The molecule has 0 aliphatic heterocycles. The molecule has 0 heterocycles. The smallest absolute Gasteiger partial charge is 0.327 e. The van der Waals surface area contributed by atoms with Gasteiger partial charge in [-0.25, -0.2) is 0 Å². The van der Waals surface area contributed by atoms with Gasteiger partial charge in [-0.1, -0.05) is 130 Å². The van der Waals surface area contributed by atoms with Crippen molar-refractivity contribution in [3.63, 3.8) is 0 Å². The zero-order valence-corrected chi connectivity index (χ0v) is 23.7. The first kappa shape index (κ1) is 33.6. The van der Waals surface area contributed by atoms with Gasteiger partial charge in [0.15, 0.2) is 0 Å². The van der Waals surface area contributed by atoms with Gasteiger partial charge >= 0.3 is 17.2 Å². The number of rotatable bonds is 24. The Morgan fingerprint density at radius 1 is 0.515 bits per heavy atom. The van der Waals surface area contributed by atoms with Gasteiger partial charge in [-0.15, -0.1) is 0 Å². The normalized spacial score (nSPS) is 14.4. The molecular weight excluding hydrogens is 458 g/mol. The molecular formula is C25H54O6P2. The summed E-state index contributed by atoms with van der Waals surface area (Å²) in [4.78, 5) is 38.3.